The average molecular weight is 681 g/mol. The van der Waals surface area contributed by atoms with Gasteiger partial charge in [-0.3, -0.25) is 4.90 Å². The summed E-state index contributed by atoms with van der Waals surface area (Å²) in [7, 11) is 0. The number of nitrogens with two attached hydrogens (primary N) is 1. The number of benzene rings is 2. The maximum Gasteiger partial charge on any atom is 0.319 e. The summed E-state index contributed by atoms with van der Waals surface area (Å²) >= 11 is 0.929. The van der Waals surface area contributed by atoms with E-state index in [0.717, 1.165) is 17.8 Å². The smallest absolute Gasteiger partial charge is 0.319 e. The molecule has 0 bridgehead atoms. The number of thiophene rings is 1. The molecule has 6 heterocycles. The third-order valence-electron chi connectivity index (χ3n) is 10.3. The van der Waals surface area contributed by atoms with E-state index in [-0.39, 0.29) is 82.6 Å². The van der Waals surface area contributed by atoms with E-state index in [4.69, 9.17) is 20.2 Å². The molecule has 8 rings (SSSR count). The number of hydrogen-bond acceptors (Lipinski definition) is 10. The zero-order chi connectivity index (χ0) is 33.5. The minimum absolute atomic E-state index is 0.0350. The highest BCUT2D eigenvalue weighted by Gasteiger charge is 2.48. The highest BCUT2D eigenvalue weighted by molar-refractivity contribution is 7.23. The number of aromatic nitrogens is 2. The van der Waals surface area contributed by atoms with Gasteiger partial charge in [0.15, 0.2) is 5.82 Å². The maximum absolute atomic E-state index is 17.3. The number of halogens is 4. The van der Waals surface area contributed by atoms with Gasteiger partial charge in [0.05, 0.1) is 40.0 Å². The quantitative estimate of drug-likeness (QED) is 0.231. The number of nitrogens with zero attached hydrogens (tertiary/aromatic N) is 5. The molecule has 4 aliphatic rings. The summed E-state index contributed by atoms with van der Waals surface area (Å²) in [5.41, 5.74) is 6.15. The van der Waals surface area contributed by atoms with Gasteiger partial charge in [-0.25, -0.2) is 8.78 Å². The van der Waals surface area contributed by atoms with Crippen LogP contribution in [0.1, 0.15) is 55.7 Å². The Morgan fingerprint density at radius 2 is 1.94 bits per heavy atom. The predicted molar refractivity (Wildman–Crippen MR) is 173 cm³/mol. The Labute approximate surface area is 277 Å². The van der Waals surface area contributed by atoms with Gasteiger partial charge < -0.3 is 25.2 Å². The SMILES string of the molecule is C[C@@]1(O)CCCN(c2nc(OCC34CCCN3CC(=C(F)F)C4)nc3c(F)c(-c4ccc(F)c5sc(N)c(C#N)c45)c4c(c23)COC4)C1. The largest absolute Gasteiger partial charge is 0.461 e. The molecule has 2 atom stereocenters. The Kier molecular flexibility index (Phi) is 7.33. The van der Waals surface area contributed by atoms with Crippen LogP contribution in [0.15, 0.2) is 23.8 Å². The summed E-state index contributed by atoms with van der Waals surface area (Å²) in [4.78, 5) is 13.3. The molecule has 4 aromatic rings. The first-order valence-electron chi connectivity index (χ1n) is 15.9. The number of piperidine rings is 1. The molecular formula is C34H32F4N6O3S. The predicted octanol–water partition coefficient (Wildman–Crippen LogP) is 6.39. The van der Waals surface area contributed by atoms with Crippen LogP contribution >= 0.6 is 11.3 Å². The highest BCUT2D eigenvalue weighted by atomic mass is 32.1. The van der Waals surface area contributed by atoms with E-state index >= 15 is 8.78 Å². The molecule has 0 amide bonds. The van der Waals surface area contributed by atoms with Crippen LogP contribution in [0.4, 0.5) is 28.4 Å². The van der Waals surface area contributed by atoms with Crippen LogP contribution in [0, 0.1) is 23.0 Å². The molecule has 1 unspecified atom stereocenters. The minimum Gasteiger partial charge on any atom is -0.461 e. The van der Waals surface area contributed by atoms with Crippen LogP contribution in [-0.4, -0.2) is 63.9 Å². The summed E-state index contributed by atoms with van der Waals surface area (Å²) in [6.07, 6.45) is 1.25. The second kappa shape index (κ2) is 11.3. The van der Waals surface area contributed by atoms with Crippen molar-refractivity contribution in [3.8, 4) is 23.2 Å². The lowest BCUT2D eigenvalue weighted by molar-refractivity contribution is 0.0447. The molecule has 2 aromatic carbocycles. The number of aliphatic hydroxyl groups is 1. The highest BCUT2D eigenvalue weighted by Crippen LogP contribution is 2.48. The normalized spacial score (nSPS) is 24.0. The second-order valence-electron chi connectivity index (χ2n) is 13.5. The fourth-order valence-electron chi connectivity index (χ4n) is 8.14. The van der Waals surface area contributed by atoms with E-state index in [2.05, 4.69) is 11.1 Å². The fourth-order valence-corrected chi connectivity index (χ4v) is 9.09. The zero-order valence-corrected chi connectivity index (χ0v) is 27.0. The molecule has 3 N–H and O–H groups in total. The summed E-state index contributed by atoms with van der Waals surface area (Å²) in [5.74, 6) is -0.915. The third-order valence-corrected chi connectivity index (χ3v) is 11.4. The van der Waals surface area contributed by atoms with Gasteiger partial charge >= 0.3 is 6.01 Å². The summed E-state index contributed by atoms with van der Waals surface area (Å²) < 4.78 is 71.8. The Morgan fingerprint density at radius 1 is 1.15 bits per heavy atom. The lowest BCUT2D eigenvalue weighted by atomic mass is 9.90. The topological polar surface area (TPSA) is 121 Å². The molecule has 0 radical (unpaired) electrons. The Hall–Kier alpha value is -4.03. The molecule has 250 valence electrons. The molecule has 3 saturated heterocycles. The molecule has 3 fully saturated rings. The molecule has 0 saturated carbocycles. The van der Waals surface area contributed by atoms with E-state index in [9.17, 15) is 19.1 Å². The van der Waals surface area contributed by atoms with E-state index < -0.39 is 28.9 Å². The number of ether oxygens (including phenoxy) is 2. The first kappa shape index (κ1) is 31.3. The van der Waals surface area contributed by atoms with Gasteiger partial charge in [-0.1, -0.05) is 6.07 Å². The van der Waals surface area contributed by atoms with Crippen LogP contribution < -0.4 is 15.4 Å². The monoisotopic (exact) mass is 680 g/mol. The van der Waals surface area contributed by atoms with Crippen molar-refractivity contribution in [3.05, 3.63) is 52.1 Å². The number of hydrogen-bond donors (Lipinski definition) is 2. The number of β-amino-alcohol motifs (C(OH)–C–C–N with tert-alkyl or cyclic N) is 1. The van der Waals surface area contributed by atoms with Crippen LogP contribution in [0.25, 0.3) is 32.1 Å². The van der Waals surface area contributed by atoms with Crippen LogP contribution in [0.3, 0.4) is 0 Å². The zero-order valence-electron chi connectivity index (χ0n) is 26.1. The van der Waals surface area contributed by atoms with Gasteiger partial charge in [0, 0.05) is 36.2 Å². The molecule has 2 aromatic heterocycles. The standard InChI is InChI=1S/C34H32F4N6O3S/c1-33(45)6-2-8-43(15-33)31-25-21-14-46-13-20(21)23(18-4-5-22(35)28-24(18)19(11-39)30(40)48-28)26(36)27(25)41-32(42-31)47-16-34-7-3-9-44(34)12-17(10-34)29(37)38/h4-5,45H,2-3,6-10,12-16,40H2,1H3/t33-,34?/m1/s1. The molecule has 48 heavy (non-hydrogen) atoms. The lowest BCUT2D eigenvalue weighted by Gasteiger charge is -2.38. The molecule has 0 aliphatic carbocycles. The van der Waals surface area contributed by atoms with Crippen molar-refractivity contribution >= 4 is 43.1 Å². The van der Waals surface area contributed by atoms with Crippen molar-refractivity contribution < 1.29 is 32.1 Å². The lowest BCUT2D eigenvalue weighted by Crippen LogP contribution is -2.46. The van der Waals surface area contributed by atoms with E-state index in [0.29, 0.717) is 60.2 Å². The second-order valence-corrected chi connectivity index (χ2v) is 14.6. The van der Waals surface area contributed by atoms with Crippen molar-refractivity contribution in [3.63, 3.8) is 0 Å². The van der Waals surface area contributed by atoms with Gasteiger partial charge in [-0.05, 0) is 68.3 Å². The number of fused-ring (bicyclic) bond motifs is 5. The van der Waals surface area contributed by atoms with Crippen molar-refractivity contribution in [2.45, 2.75) is 63.4 Å². The summed E-state index contributed by atoms with van der Waals surface area (Å²) in [6.45, 7) is 3.59. The van der Waals surface area contributed by atoms with Gasteiger partial charge in [-0.2, -0.15) is 24.0 Å². The third kappa shape index (κ3) is 4.81. The summed E-state index contributed by atoms with van der Waals surface area (Å²) in [6, 6.07) is 4.61. The van der Waals surface area contributed by atoms with Gasteiger partial charge in [0.2, 0.25) is 0 Å². The average Bonchev–Trinajstić information content (AvgIpc) is 3.82. The molecule has 0 spiro atoms. The number of rotatable bonds is 5. The molecule has 14 heteroatoms. The maximum atomic E-state index is 17.3. The number of nitrogen functional groups attached to an aromatic ring is 1. The van der Waals surface area contributed by atoms with Crippen molar-refractivity contribution in [2.24, 2.45) is 0 Å². The molecule has 4 aliphatic heterocycles. The summed E-state index contributed by atoms with van der Waals surface area (Å²) in [5, 5.41) is 21.7. The minimum atomic E-state index is -1.67. The van der Waals surface area contributed by atoms with E-state index in [1.54, 1.807) is 6.92 Å². The number of anilines is 2. The fraction of sp³-hybridized carbons (Fsp3) is 0.441. The van der Waals surface area contributed by atoms with Crippen molar-refractivity contribution in [1.82, 2.24) is 14.9 Å². The van der Waals surface area contributed by atoms with E-state index in [1.807, 2.05) is 9.80 Å². The Morgan fingerprint density at radius 3 is 2.71 bits per heavy atom. The van der Waals surface area contributed by atoms with Crippen LogP contribution in [-0.2, 0) is 18.0 Å². The van der Waals surface area contributed by atoms with Crippen LogP contribution in [0.5, 0.6) is 6.01 Å². The Bertz CT molecular complexity index is 2090. The number of nitriles is 1. The first-order valence-corrected chi connectivity index (χ1v) is 16.7. The van der Waals surface area contributed by atoms with Gasteiger partial charge in [0.1, 0.15) is 34.8 Å². The van der Waals surface area contributed by atoms with Crippen molar-refractivity contribution in [2.75, 3.05) is 43.4 Å². The van der Waals surface area contributed by atoms with E-state index in [1.165, 1.54) is 12.1 Å². The van der Waals surface area contributed by atoms with Gasteiger partial charge in [0.25, 0.3) is 6.08 Å². The molecular weight excluding hydrogens is 648 g/mol. The van der Waals surface area contributed by atoms with Crippen LogP contribution in [0.2, 0.25) is 0 Å². The first-order chi connectivity index (χ1) is 23.0. The van der Waals surface area contributed by atoms with Crippen molar-refractivity contribution in [1.29, 1.82) is 5.26 Å². The Balaban J connectivity index is 1.33. The van der Waals surface area contributed by atoms with Gasteiger partial charge in [-0.15, -0.1) is 11.3 Å². The molecule has 9 nitrogen and oxygen atoms in total.